The fourth-order valence-corrected chi connectivity index (χ4v) is 2.61. The minimum Gasteiger partial charge on any atom is -0.484 e. The first-order chi connectivity index (χ1) is 10.6. The number of benzene rings is 2. The van der Waals surface area contributed by atoms with Gasteiger partial charge in [-0.2, -0.15) is 0 Å². The van der Waals surface area contributed by atoms with E-state index in [-0.39, 0.29) is 12.5 Å². The van der Waals surface area contributed by atoms with E-state index in [0.717, 1.165) is 28.6 Å². The lowest BCUT2D eigenvalue weighted by atomic mass is 10.1. The van der Waals surface area contributed by atoms with Gasteiger partial charge < -0.3 is 10.1 Å². The molecule has 2 aromatic rings. The van der Waals surface area contributed by atoms with Gasteiger partial charge in [-0.25, -0.2) is 0 Å². The van der Waals surface area contributed by atoms with Crippen LogP contribution in [0.4, 0.5) is 0 Å². The summed E-state index contributed by atoms with van der Waals surface area (Å²) >= 11 is 3.40. The number of aryl methyl sites for hydroxylation is 2. The topological polar surface area (TPSA) is 38.3 Å². The van der Waals surface area contributed by atoms with Gasteiger partial charge in [0.25, 0.3) is 5.91 Å². The van der Waals surface area contributed by atoms with Crippen molar-refractivity contribution in [3.05, 3.63) is 64.1 Å². The summed E-state index contributed by atoms with van der Waals surface area (Å²) in [5, 5.41) is 2.88. The van der Waals surface area contributed by atoms with Crippen LogP contribution in [0.5, 0.6) is 5.75 Å². The van der Waals surface area contributed by atoms with Crippen LogP contribution >= 0.6 is 15.9 Å². The monoisotopic (exact) mass is 361 g/mol. The lowest BCUT2D eigenvalue weighted by Gasteiger charge is -2.10. The third-order valence-electron chi connectivity index (χ3n) is 3.30. The molecule has 1 amide bonds. The summed E-state index contributed by atoms with van der Waals surface area (Å²) in [5.74, 6) is 0.651. The first kappa shape index (κ1) is 16.6. The molecule has 2 aromatic carbocycles. The molecule has 0 aliphatic rings. The van der Waals surface area contributed by atoms with E-state index in [4.69, 9.17) is 4.74 Å². The number of carbonyl (C=O) groups is 1. The van der Waals surface area contributed by atoms with Gasteiger partial charge in [-0.1, -0.05) is 46.3 Å². The van der Waals surface area contributed by atoms with E-state index in [1.165, 1.54) is 5.56 Å². The van der Waals surface area contributed by atoms with Crippen molar-refractivity contribution in [2.24, 2.45) is 0 Å². The van der Waals surface area contributed by atoms with E-state index in [1.54, 1.807) is 0 Å². The largest absolute Gasteiger partial charge is 0.484 e. The number of carbonyl (C=O) groups excluding carboxylic acids is 1. The van der Waals surface area contributed by atoms with Crippen molar-refractivity contribution in [2.45, 2.75) is 19.8 Å². The van der Waals surface area contributed by atoms with Crippen LogP contribution in [-0.2, 0) is 11.2 Å². The number of hydrogen-bond acceptors (Lipinski definition) is 2. The standard InChI is InChI=1S/C18H20BrNO2/c1-14-12-16(19)9-10-17(14)22-13-18(21)20-11-5-8-15-6-3-2-4-7-15/h2-4,6-7,9-10,12H,5,8,11,13H2,1H3,(H,20,21). The average Bonchev–Trinajstić information content (AvgIpc) is 2.52. The molecule has 0 heterocycles. The molecule has 0 aliphatic carbocycles. The van der Waals surface area contributed by atoms with E-state index in [0.29, 0.717) is 6.54 Å². The van der Waals surface area contributed by atoms with Gasteiger partial charge in [0.15, 0.2) is 6.61 Å². The molecule has 0 atom stereocenters. The SMILES string of the molecule is Cc1cc(Br)ccc1OCC(=O)NCCCc1ccccc1. The summed E-state index contributed by atoms with van der Waals surface area (Å²) < 4.78 is 6.54. The van der Waals surface area contributed by atoms with E-state index in [1.807, 2.05) is 43.3 Å². The van der Waals surface area contributed by atoms with Crippen molar-refractivity contribution in [3.63, 3.8) is 0 Å². The molecule has 0 aliphatic heterocycles. The molecule has 0 spiro atoms. The van der Waals surface area contributed by atoms with Crippen LogP contribution in [0.2, 0.25) is 0 Å². The zero-order valence-electron chi connectivity index (χ0n) is 12.6. The van der Waals surface area contributed by atoms with Gasteiger partial charge >= 0.3 is 0 Å². The third-order valence-corrected chi connectivity index (χ3v) is 3.80. The van der Waals surface area contributed by atoms with Crippen LogP contribution in [-0.4, -0.2) is 19.1 Å². The molecule has 0 fully saturated rings. The second kappa shape index (κ2) is 8.59. The smallest absolute Gasteiger partial charge is 0.257 e. The maximum absolute atomic E-state index is 11.8. The Bertz CT molecular complexity index is 614. The molecule has 0 saturated carbocycles. The van der Waals surface area contributed by atoms with Gasteiger partial charge in [0.1, 0.15) is 5.75 Å². The van der Waals surface area contributed by atoms with Gasteiger partial charge in [-0.05, 0) is 49.1 Å². The lowest BCUT2D eigenvalue weighted by molar-refractivity contribution is -0.123. The Labute approximate surface area is 139 Å². The van der Waals surface area contributed by atoms with Crippen molar-refractivity contribution in [1.82, 2.24) is 5.32 Å². The third kappa shape index (κ3) is 5.53. The highest BCUT2D eigenvalue weighted by atomic mass is 79.9. The Morgan fingerprint density at radius 3 is 2.68 bits per heavy atom. The molecule has 1 N–H and O–H groups in total. The number of nitrogens with one attached hydrogen (secondary N) is 1. The summed E-state index contributed by atoms with van der Waals surface area (Å²) in [7, 11) is 0. The molecule has 0 aromatic heterocycles. The maximum atomic E-state index is 11.8. The molecule has 3 nitrogen and oxygen atoms in total. The second-order valence-corrected chi connectivity index (χ2v) is 6.05. The Kier molecular flexibility index (Phi) is 6.46. The second-order valence-electron chi connectivity index (χ2n) is 5.14. The molecule has 116 valence electrons. The van der Waals surface area contributed by atoms with Gasteiger partial charge in [0, 0.05) is 11.0 Å². The Morgan fingerprint density at radius 2 is 1.95 bits per heavy atom. The highest BCUT2D eigenvalue weighted by Gasteiger charge is 2.05. The van der Waals surface area contributed by atoms with Crippen molar-refractivity contribution in [2.75, 3.05) is 13.2 Å². The van der Waals surface area contributed by atoms with Crippen molar-refractivity contribution >= 4 is 21.8 Å². The highest BCUT2D eigenvalue weighted by Crippen LogP contribution is 2.21. The zero-order valence-corrected chi connectivity index (χ0v) is 14.2. The molecule has 2 rings (SSSR count). The summed E-state index contributed by atoms with van der Waals surface area (Å²) in [6, 6.07) is 16.0. The van der Waals surface area contributed by atoms with Crippen LogP contribution in [0.1, 0.15) is 17.5 Å². The van der Waals surface area contributed by atoms with Crippen molar-refractivity contribution in [3.8, 4) is 5.75 Å². The molecule has 0 saturated heterocycles. The molecular weight excluding hydrogens is 342 g/mol. The van der Waals surface area contributed by atoms with Crippen molar-refractivity contribution < 1.29 is 9.53 Å². The van der Waals surface area contributed by atoms with Crippen LogP contribution in [0.15, 0.2) is 53.0 Å². The summed E-state index contributed by atoms with van der Waals surface area (Å²) in [6.45, 7) is 2.67. The minimum atomic E-state index is -0.0876. The van der Waals surface area contributed by atoms with Crippen LogP contribution in [0, 0.1) is 6.92 Å². The van der Waals surface area contributed by atoms with Gasteiger partial charge in [-0.15, -0.1) is 0 Å². The fourth-order valence-electron chi connectivity index (χ4n) is 2.13. The molecule has 0 unspecified atom stereocenters. The predicted octanol–water partition coefficient (Wildman–Crippen LogP) is 3.89. The zero-order chi connectivity index (χ0) is 15.8. The van der Waals surface area contributed by atoms with E-state index < -0.39 is 0 Å². The summed E-state index contributed by atoms with van der Waals surface area (Å²) in [6.07, 6.45) is 1.89. The average molecular weight is 362 g/mol. The molecule has 22 heavy (non-hydrogen) atoms. The van der Waals surface area contributed by atoms with Crippen LogP contribution < -0.4 is 10.1 Å². The minimum absolute atomic E-state index is 0.0494. The molecule has 4 heteroatoms. The van der Waals surface area contributed by atoms with Crippen LogP contribution in [0.25, 0.3) is 0 Å². The van der Waals surface area contributed by atoms with E-state index in [2.05, 4.69) is 33.4 Å². The summed E-state index contributed by atoms with van der Waals surface area (Å²) in [4.78, 5) is 11.8. The van der Waals surface area contributed by atoms with E-state index >= 15 is 0 Å². The van der Waals surface area contributed by atoms with Gasteiger partial charge in [0.2, 0.25) is 0 Å². The first-order valence-corrected chi connectivity index (χ1v) is 8.14. The number of rotatable bonds is 7. The number of amides is 1. The lowest BCUT2D eigenvalue weighted by Crippen LogP contribution is -2.30. The molecule has 0 bridgehead atoms. The highest BCUT2D eigenvalue weighted by molar-refractivity contribution is 9.10. The number of ether oxygens (including phenoxy) is 1. The Morgan fingerprint density at radius 1 is 1.18 bits per heavy atom. The van der Waals surface area contributed by atoms with Gasteiger partial charge in [0.05, 0.1) is 0 Å². The Hall–Kier alpha value is -1.81. The van der Waals surface area contributed by atoms with Gasteiger partial charge in [-0.3, -0.25) is 4.79 Å². The van der Waals surface area contributed by atoms with Crippen molar-refractivity contribution in [1.29, 1.82) is 0 Å². The van der Waals surface area contributed by atoms with E-state index in [9.17, 15) is 4.79 Å². The maximum Gasteiger partial charge on any atom is 0.257 e. The quantitative estimate of drug-likeness (QED) is 0.759. The number of hydrogen-bond donors (Lipinski definition) is 1. The number of halogens is 1. The Balaban J connectivity index is 1.65. The summed E-state index contributed by atoms with van der Waals surface area (Å²) in [5.41, 5.74) is 2.30. The first-order valence-electron chi connectivity index (χ1n) is 7.35. The normalized spacial score (nSPS) is 10.3. The van der Waals surface area contributed by atoms with Crippen LogP contribution in [0.3, 0.4) is 0 Å². The molecular formula is C18H20BrNO2. The molecule has 0 radical (unpaired) electrons. The fraction of sp³-hybridized carbons (Fsp3) is 0.278. The predicted molar refractivity (Wildman–Crippen MR) is 92.1 cm³/mol.